The second-order valence-electron chi connectivity index (χ2n) is 5.11. The fourth-order valence-corrected chi connectivity index (χ4v) is 2.20. The van der Waals surface area contributed by atoms with E-state index < -0.39 is 0 Å². The summed E-state index contributed by atoms with van der Waals surface area (Å²) in [5.41, 5.74) is 0. The minimum atomic E-state index is 0.326. The van der Waals surface area contributed by atoms with Gasteiger partial charge in [0.15, 0.2) is 0 Å². The van der Waals surface area contributed by atoms with Gasteiger partial charge in [0.2, 0.25) is 0 Å². The smallest absolute Gasteiger partial charge is 0.0612 e. The molecule has 1 aliphatic heterocycles. The monoisotopic (exact) mass is 229 g/mol. The summed E-state index contributed by atoms with van der Waals surface area (Å²) in [6.45, 7) is 6.77. The van der Waals surface area contributed by atoms with Crippen molar-refractivity contribution in [1.82, 2.24) is 5.32 Å². The minimum Gasteiger partial charge on any atom is -0.396 e. The molecule has 2 unspecified atom stereocenters. The molecule has 0 bridgehead atoms. The van der Waals surface area contributed by atoms with E-state index in [9.17, 15) is 0 Å². The van der Waals surface area contributed by atoms with Crippen molar-refractivity contribution in [3.8, 4) is 0 Å². The van der Waals surface area contributed by atoms with Crippen LogP contribution in [0.15, 0.2) is 0 Å². The van der Waals surface area contributed by atoms with E-state index in [0.29, 0.717) is 24.7 Å². The Morgan fingerprint density at radius 1 is 1.31 bits per heavy atom. The van der Waals surface area contributed by atoms with Crippen molar-refractivity contribution in [1.29, 1.82) is 0 Å². The third-order valence-electron chi connectivity index (χ3n) is 3.33. The predicted octanol–water partition coefficient (Wildman–Crippen LogP) is 1.94. The summed E-state index contributed by atoms with van der Waals surface area (Å²) in [4.78, 5) is 0. The Labute approximate surface area is 99.6 Å². The number of hydrogen-bond acceptors (Lipinski definition) is 3. The molecule has 0 aromatic carbocycles. The van der Waals surface area contributed by atoms with Crippen molar-refractivity contribution >= 4 is 0 Å². The first-order valence-corrected chi connectivity index (χ1v) is 6.70. The molecule has 0 aromatic heterocycles. The average molecular weight is 229 g/mol. The van der Waals surface area contributed by atoms with E-state index in [0.717, 1.165) is 38.8 Å². The van der Waals surface area contributed by atoms with Crippen molar-refractivity contribution in [3.05, 3.63) is 0 Å². The maximum Gasteiger partial charge on any atom is 0.0612 e. The van der Waals surface area contributed by atoms with Crippen LogP contribution >= 0.6 is 0 Å². The van der Waals surface area contributed by atoms with Crippen LogP contribution < -0.4 is 5.32 Å². The van der Waals surface area contributed by atoms with Gasteiger partial charge in [-0.05, 0) is 44.6 Å². The SMILES string of the molecule is CC(C)C1CC(NCCCCCO)CCO1. The van der Waals surface area contributed by atoms with E-state index in [1.54, 1.807) is 0 Å². The van der Waals surface area contributed by atoms with Crippen LogP contribution in [-0.4, -0.2) is 37.0 Å². The lowest BCUT2D eigenvalue weighted by atomic mass is 9.95. The summed E-state index contributed by atoms with van der Waals surface area (Å²) >= 11 is 0. The molecule has 3 nitrogen and oxygen atoms in total. The van der Waals surface area contributed by atoms with Crippen molar-refractivity contribution in [2.24, 2.45) is 5.92 Å². The van der Waals surface area contributed by atoms with Gasteiger partial charge >= 0.3 is 0 Å². The highest BCUT2D eigenvalue weighted by atomic mass is 16.5. The fraction of sp³-hybridized carbons (Fsp3) is 1.00. The predicted molar refractivity (Wildman–Crippen MR) is 66.5 cm³/mol. The molecule has 1 saturated heterocycles. The quantitative estimate of drug-likeness (QED) is 0.656. The van der Waals surface area contributed by atoms with Crippen LogP contribution in [0.3, 0.4) is 0 Å². The molecule has 2 N–H and O–H groups in total. The molecule has 0 radical (unpaired) electrons. The fourth-order valence-electron chi connectivity index (χ4n) is 2.20. The molecule has 96 valence electrons. The minimum absolute atomic E-state index is 0.326. The highest BCUT2D eigenvalue weighted by Crippen LogP contribution is 2.20. The van der Waals surface area contributed by atoms with Crippen LogP contribution in [0.25, 0.3) is 0 Å². The Morgan fingerprint density at radius 3 is 2.81 bits per heavy atom. The first-order valence-electron chi connectivity index (χ1n) is 6.70. The summed E-state index contributed by atoms with van der Waals surface area (Å²) in [6.07, 6.45) is 5.96. The van der Waals surface area contributed by atoms with E-state index in [4.69, 9.17) is 9.84 Å². The zero-order chi connectivity index (χ0) is 11.8. The van der Waals surface area contributed by atoms with E-state index in [2.05, 4.69) is 19.2 Å². The van der Waals surface area contributed by atoms with Gasteiger partial charge in [-0.1, -0.05) is 13.8 Å². The van der Waals surface area contributed by atoms with Gasteiger partial charge in [0.05, 0.1) is 6.10 Å². The molecule has 1 rings (SSSR count). The Morgan fingerprint density at radius 2 is 2.12 bits per heavy atom. The summed E-state index contributed by atoms with van der Waals surface area (Å²) in [5, 5.41) is 12.3. The largest absolute Gasteiger partial charge is 0.396 e. The first-order chi connectivity index (χ1) is 7.74. The molecule has 1 aliphatic rings. The van der Waals surface area contributed by atoms with E-state index in [1.807, 2.05) is 0 Å². The van der Waals surface area contributed by atoms with Gasteiger partial charge < -0.3 is 15.2 Å². The van der Waals surface area contributed by atoms with Crippen molar-refractivity contribution < 1.29 is 9.84 Å². The standard InChI is InChI=1S/C13H27NO2/c1-11(2)13-10-12(6-9-16-13)14-7-4-3-5-8-15/h11-15H,3-10H2,1-2H3. The van der Waals surface area contributed by atoms with Crippen LogP contribution in [-0.2, 0) is 4.74 Å². The summed E-state index contributed by atoms with van der Waals surface area (Å²) in [7, 11) is 0. The number of unbranched alkanes of at least 4 members (excludes halogenated alkanes) is 2. The van der Waals surface area contributed by atoms with Crippen molar-refractivity contribution in [2.75, 3.05) is 19.8 Å². The van der Waals surface area contributed by atoms with Gasteiger partial charge in [-0.2, -0.15) is 0 Å². The zero-order valence-electron chi connectivity index (χ0n) is 10.7. The van der Waals surface area contributed by atoms with E-state index in [-0.39, 0.29) is 0 Å². The van der Waals surface area contributed by atoms with Gasteiger partial charge in [0.25, 0.3) is 0 Å². The molecule has 0 aromatic rings. The van der Waals surface area contributed by atoms with Gasteiger partial charge in [-0.3, -0.25) is 0 Å². The highest BCUT2D eigenvalue weighted by Gasteiger charge is 2.24. The number of hydrogen-bond donors (Lipinski definition) is 2. The normalized spacial score (nSPS) is 26.2. The van der Waals surface area contributed by atoms with Crippen molar-refractivity contribution in [2.45, 2.75) is 58.1 Å². The Hall–Kier alpha value is -0.120. The van der Waals surface area contributed by atoms with Crippen LogP contribution in [0.2, 0.25) is 0 Å². The molecule has 0 saturated carbocycles. The maximum absolute atomic E-state index is 8.67. The lowest BCUT2D eigenvalue weighted by Crippen LogP contribution is -2.41. The molecule has 3 heteroatoms. The number of aliphatic hydroxyl groups excluding tert-OH is 1. The lowest BCUT2D eigenvalue weighted by Gasteiger charge is -2.32. The molecule has 16 heavy (non-hydrogen) atoms. The van der Waals surface area contributed by atoms with Gasteiger partial charge in [-0.25, -0.2) is 0 Å². The molecule has 1 heterocycles. The third kappa shape index (κ3) is 5.28. The third-order valence-corrected chi connectivity index (χ3v) is 3.33. The van der Waals surface area contributed by atoms with Gasteiger partial charge in [0, 0.05) is 19.3 Å². The van der Waals surface area contributed by atoms with Crippen LogP contribution in [0.4, 0.5) is 0 Å². The van der Waals surface area contributed by atoms with Crippen LogP contribution in [0, 0.1) is 5.92 Å². The van der Waals surface area contributed by atoms with Crippen LogP contribution in [0.5, 0.6) is 0 Å². The molecule has 2 atom stereocenters. The zero-order valence-corrected chi connectivity index (χ0v) is 10.7. The summed E-state index contributed by atoms with van der Waals surface area (Å²) < 4.78 is 5.74. The number of nitrogens with one attached hydrogen (secondary N) is 1. The van der Waals surface area contributed by atoms with Crippen molar-refractivity contribution in [3.63, 3.8) is 0 Å². The maximum atomic E-state index is 8.67. The Kier molecular flexibility index (Phi) is 7.01. The average Bonchev–Trinajstić information content (AvgIpc) is 2.29. The first kappa shape index (κ1) is 13.9. The number of aliphatic hydroxyl groups is 1. The second-order valence-corrected chi connectivity index (χ2v) is 5.11. The molecular weight excluding hydrogens is 202 g/mol. The topological polar surface area (TPSA) is 41.5 Å². The number of rotatable bonds is 7. The summed E-state index contributed by atoms with van der Waals surface area (Å²) in [5.74, 6) is 0.624. The number of ether oxygens (including phenoxy) is 1. The summed E-state index contributed by atoms with van der Waals surface area (Å²) in [6, 6.07) is 0.635. The Bertz CT molecular complexity index is 173. The van der Waals surface area contributed by atoms with E-state index >= 15 is 0 Å². The molecule has 0 spiro atoms. The van der Waals surface area contributed by atoms with Crippen LogP contribution in [0.1, 0.15) is 46.0 Å². The molecular formula is C13H27NO2. The van der Waals surface area contributed by atoms with E-state index in [1.165, 1.54) is 6.42 Å². The highest BCUT2D eigenvalue weighted by molar-refractivity contribution is 4.78. The molecule has 1 fully saturated rings. The van der Waals surface area contributed by atoms with Gasteiger partial charge in [-0.15, -0.1) is 0 Å². The second kappa shape index (κ2) is 8.04. The lowest BCUT2D eigenvalue weighted by molar-refractivity contribution is -0.0242. The molecule has 0 aliphatic carbocycles. The molecule has 0 amide bonds. The van der Waals surface area contributed by atoms with Gasteiger partial charge in [0.1, 0.15) is 0 Å². The Balaban J connectivity index is 2.07.